The third kappa shape index (κ3) is 5.81. The lowest BCUT2D eigenvalue weighted by Crippen LogP contribution is -2.40. The highest BCUT2D eigenvalue weighted by Gasteiger charge is 2.21. The summed E-state index contributed by atoms with van der Waals surface area (Å²) < 4.78 is 19.0. The van der Waals surface area contributed by atoms with Gasteiger partial charge in [0.05, 0.1) is 29.5 Å². The van der Waals surface area contributed by atoms with E-state index in [1.165, 1.54) is 10.7 Å². The molecule has 0 unspecified atom stereocenters. The van der Waals surface area contributed by atoms with Gasteiger partial charge in [-0.15, -0.1) is 0 Å². The number of aromatic nitrogens is 4. The first-order valence-electron chi connectivity index (χ1n) is 13.2. The van der Waals surface area contributed by atoms with Crippen molar-refractivity contribution in [3.05, 3.63) is 48.0 Å². The molecule has 11 nitrogen and oxygen atoms in total. The molecule has 210 valence electrons. The molecule has 12 heteroatoms. The highest BCUT2D eigenvalue weighted by Crippen LogP contribution is 2.35. The van der Waals surface area contributed by atoms with Crippen LogP contribution in [-0.4, -0.2) is 80.6 Å². The molecular weight excluding hydrogens is 517 g/mol. The zero-order valence-electron chi connectivity index (χ0n) is 22.5. The monoisotopic (exact) mass is 549 g/mol. The van der Waals surface area contributed by atoms with Crippen molar-refractivity contribution in [3.8, 4) is 11.1 Å². The molecule has 5 rings (SSSR count). The average Bonchev–Trinajstić information content (AvgIpc) is 3.46. The zero-order valence-corrected chi connectivity index (χ0v) is 22.5. The number of amides is 2. The Kier molecular flexibility index (Phi) is 7.78. The van der Waals surface area contributed by atoms with Crippen molar-refractivity contribution >= 4 is 39.6 Å². The zero-order chi connectivity index (χ0) is 28.4. The summed E-state index contributed by atoms with van der Waals surface area (Å²) in [5, 5.41) is 23.9. The minimum Gasteiger partial charge on any atom is -0.480 e. The molecule has 1 saturated heterocycles. The normalized spacial score (nSPS) is 14.6. The SMILES string of the molecule is Cc1nn(CC(=O)NCC(=O)NCC(=O)O)c2cccc(-c3cc4c(cnn4CC4CCN(C)CC4)cc3F)c12. The maximum atomic E-state index is 15.5. The van der Waals surface area contributed by atoms with Crippen LogP contribution in [0.3, 0.4) is 0 Å². The third-order valence-corrected chi connectivity index (χ3v) is 7.42. The van der Waals surface area contributed by atoms with E-state index in [9.17, 15) is 14.4 Å². The second-order valence-electron chi connectivity index (χ2n) is 10.4. The van der Waals surface area contributed by atoms with E-state index in [-0.39, 0.29) is 18.9 Å². The topological polar surface area (TPSA) is 134 Å². The van der Waals surface area contributed by atoms with Crippen LogP contribution >= 0.6 is 0 Å². The van der Waals surface area contributed by atoms with Crippen LogP contribution in [0.4, 0.5) is 4.39 Å². The summed E-state index contributed by atoms with van der Waals surface area (Å²) in [4.78, 5) is 37.1. The summed E-state index contributed by atoms with van der Waals surface area (Å²) in [5.74, 6) is -2.10. The van der Waals surface area contributed by atoms with Crippen LogP contribution in [0.15, 0.2) is 36.5 Å². The molecular formula is C28H32FN7O4. The maximum Gasteiger partial charge on any atom is 0.322 e. The number of hydrogen-bond acceptors (Lipinski definition) is 6. The van der Waals surface area contributed by atoms with Crippen LogP contribution in [0.2, 0.25) is 0 Å². The number of fused-ring (bicyclic) bond motifs is 2. The minimum atomic E-state index is -1.17. The van der Waals surface area contributed by atoms with Crippen LogP contribution < -0.4 is 10.6 Å². The number of halogens is 1. The summed E-state index contributed by atoms with van der Waals surface area (Å²) in [7, 11) is 2.13. The quantitative estimate of drug-likeness (QED) is 0.291. The molecule has 0 radical (unpaired) electrons. The lowest BCUT2D eigenvalue weighted by molar-refractivity contribution is -0.137. The molecule has 0 spiro atoms. The molecule has 40 heavy (non-hydrogen) atoms. The molecule has 1 aliphatic rings. The van der Waals surface area contributed by atoms with Gasteiger partial charge in [0.1, 0.15) is 18.9 Å². The van der Waals surface area contributed by atoms with Crippen molar-refractivity contribution in [1.29, 1.82) is 0 Å². The Morgan fingerprint density at radius 1 is 1.02 bits per heavy atom. The highest BCUT2D eigenvalue weighted by atomic mass is 19.1. The second kappa shape index (κ2) is 11.4. The Bertz CT molecular complexity index is 1590. The fourth-order valence-electron chi connectivity index (χ4n) is 5.31. The molecule has 1 fully saturated rings. The smallest absolute Gasteiger partial charge is 0.322 e. The summed E-state index contributed by atoms with van der Waals surface area (Å²) in [6, 6.07) is 8.82. The van der Waals surface area contributed by atoms with Crippen LogP contribution in [0, 0.1) is 18.7 Å². The van der Waals surface area contributed by atoms with Crippen molar-refractivity contribution in [2.75, 3.05) is 33.2 Å². The van der Waals surface area contributed by atoms with Gasteiger partial charge in [0.15, 0.2) is 0 Å². The van der Waals surface area contributed by atoms with Crippen molar-refractivity contribution < 1.29 is 23.9 Å². The molecule has 2 aromatic carbocycles. The number of piperidine rings is 1. The molecule has 1 aliphatic heterocycles. The number of likely N-dealkylation sites (tertiary alicyclic amines) is 1. The number of hydrogen-bond donors (Lipinski definition) is 3. The first-order chi connectivity index (χ1) is 19.2. The number of nitrogens with zero attached hydrogens (tertiary/aromatic N) is 5. The van der Waals surface area contributed by atoms with Gasteiger partial charge in [-0.1, -0.05) is 12.1 Å². The van der Waals surface area contributed by atoms with E-state index in [1.54, 1.807) is 19.2 Å². The Morgan fingerprint density at radius 2 is 1.77 bits per heavy atom. The number of carboxylic acids is 1. The van der Waals surface area contributed by atoms with Crippen molar-refractivity contribution in [2.45, 2.75) is 32.9 Å². The summed E-state index contributed by atoms with van der Waals surface area (Å²) in [5.41, 5.74) is 3.27. The van der Waals surface area contributed by atoms with Gasteiger partial charge >= 0.3 is 5.97 Å². The average molecular weight is 550 g/mol. The summed E-state index contributed by atoms with van der Waals surface area (Å²) >= 11 is 0. The highest BCUT2D eigenvalue weighted by molar-refractivity contribution is 5.99. The van der Waals surface area contributed by atoms with E-state index < -0.39 is 24.3 Å². The summed E-state index contributed by atoms with van der Waals surface area (Å²) in [6.07, 6.45) is 3.91. The molecule has 0 aliphatic carbocycles. The lowest BCUT2D eigenvalue weighted by Gasteiger charge is -2.28. The lowest BCUT2D eigenvalue weighted by atomic mass is 9.96. The van der Waals surface area contributed by atoms with Crippen LogP contribution in [-0.2, 0) is 27.5 Å². The van der Waals surface area contributed by atoms with E-state index in [4.69, 9.17) is 5.11 Å². The van der Waals surface area contributed by atoms with E-state index in [0.29, 0.717) is 28.3 Å². The minimum absolute atomic E-state index is 0.162. The van der Waals surface area contributed by atoms with Gasteiger partial charge < -0.3 is 20.6 Å². The molecule has 0 bridgehead atoms. The van der Waals surface area contributed by atoms with Crippen LogP contribution in [0.1, 0.15) is 18.5 Å². The van der Waals surface area contributed by atoms with Crippen LogP contribution in [0.25, 0.3) is 32.9 Å². The molecule has 0 atom stereocenters. The van der Waals surface area contributed by atoms with Gasteiger partial charge in [-0.3, -0.25) is 23.7 Å². The fourth-order valence-corrected chi connectivity index (χ4v) is 5.31. The Balaban J connectivity index is 1.40. The van der Waals surface area contributed by atoms with Gasteiger partial charge in [0.2, 0.25) is 11.8 Å². The number of benzene rings is 2. The number of carboxylic acid groups (broad SMARTS) is 1. The van der Waals surface area contributed by atoms with Gasteiger partial charge in [-0.05, 0) is 69.6 Å². The van der Waals surface area contributed by atoms with E-state index in [0.717, 1.165) is 48.8 Å². The Morgan fingerprint density at radius 3 is 2.52 bits per heavy atom. The van der Waals surface area contributed by atoms with Gasteiger partial charge in [-0.25, -0.2) is 4.39 Å². The Labute approximate surface area is 229 Å². The van der Waals surface area contributed by atoms with E-state index in [2.05, 4.69) is 32.8 Å². The number of carbonyl (C=O) groups is 3. The number of rotatable bonds is 9. The molecule has 2 aromatic heterocycles. The predicted octanol–water partition coefficient (Wildman–Crippen LogP) is 2.16. The maximum absolute atomic E-state index is 15.5. The van der Waals surface area contributed by atoms with E-state index in [1.807, 2.05) is 22.9 Å². The fraction of sp³-hybridized carbons (Fsp3) is 0.393. The molecule has 3 N–H and O–H groups in total. The largest absolute Gasteiger partial charge is 0.480 e. The van der Waals surface area contributed by atoms with Crippen LogP contribution in [0.5, 0.6) is 0 Å². The molecule has 4 aromatic rings. The standard InChI is InChI=1S/C28H32FN7O4/c1-17-28-20(4-3-5-23(28)36(33-17)16-26(38)30-13-25(37)31-14-27(39)40)21-11-24-19(10-22(21)29)12-32-35(24)15-18-6-8-34(2)9-7-18/h3-5,10-12,18H,6-9,13-16H2,1-2H3,(H,30,38)(H,31,37)(H,39,40). The molecule has 0 saturated carbocycles. The summed E-state index contributed by atoms with van der Waals surface area (Å²) in [6.45, 7) is 3.67. The van der Waals surface area contributed by atoms with Gasteiger partial charge in [0.25, 0.3) is 0 Å². The molecule has 2 amide bonds. The van der Waals surface area contributed by atoms with Gasteiger partial charge in [0, 0.05) is 22.9 Å². The first-order valence-corrected chi connectivity index (χ1v) is 13.2. The van der Waals surface area contributed by atoms with Crippen molar-refractivity contribution in [2.24, 2.45) is 5.92 Å². The Hall–Kier alpha value is -4.32. The predicted molar refractivity (Wildman–Crippen MR) is 147 cm³/mol. The van der Waals surface area contributed by atoms with Gasteiger partial charge in [-0.2, -0.15) is 10.2 Å². The molecule has 3 heterocycles. The number of carbonyl (C=O) groups excluding carboxylic acids is 2. The first kappa shape index (κ1) is 27.3. The van der Waals surface area contributed by atoms with Crippen molar-refractivity contribution in [1.82, 2.24) is 35.1 Å². The van der Waals surface area contributed by atoms with E-state index >= 15 is 4.39 Å². The number of aryl methyl sites for hydroxylation is 1. The number of nitrogens with one attached hydrogen (secondary N) is 2. The third-order valence-electron chi connectivity index (χ3n) is 7.42. The van der Waals surface area contributed by atoms with Crippen molar-refractivity contribution in [3.63, 3.8) is 0 Å². The second-order valence-corrected chi connectivity index (χ2v) is 10.4. The number of aliphatic carboxylic acids is 1.